The van der Waals surface area contributed by atoms with Crippen molar-refractivity contribution in [2.24, 2.45) is 0 Å². The zero-order valence-electron chi connectivity index (χ0n) is 15.9. The lowest BCUT2D eigenvalue weighted by atomic mass is 10.1. The summed E-state index contributed by atoms with van der Waals surface area (Å²) >= 11 is 1.37. The van der Waals surface area contributed by atoms with Crippen molar-refractivity contribution in [2.45, 2.75) is 12.8 Å². The molecule has 2 aromatic carbocycles. The Labute approximate surface area is 167 Å². The summed E-state index contributed by atoms with van der Waals surface area (Å²) in [7, 11) is 4.72. The molecule has 0 saturated heterocycles. The van der Waals surface area contributed by atoms with Gasteiger partial charge in [-0.25, -0.2) is 0 Å². The molecule has 0 radical (unpaired) electrons. The van der Waals surface area contributed by atoms with E-state index in [1.165, 1.54) is 24.0 Å². The minimum absolute atomic E-state index is 0.279. The third-order valence-corrected chi connectivity index (χ3v) is 5.02. The SMILES string of the molecule is COc1ccc(CCc2nnc(NC(=O)c3ccc(OC)c(OC)c3)s2)cc1. The van der Waals surface area contributed by atoms with Gasteiger partial charge in [0, 0.05) is 12.0 Å². The molecule has 0 spiro atoms. The Morgan fingerprint density at radius 3 is 2.36 bits per heavy atom. The Morgan fingerprint density at radius 1 is 0.929 bits per heavy atom. The Kier molecular flexibility index (Phi) is 6.44. The van der Waals surface area contributed by atoms with E-state index in [-0.39, 0.29) is 5.91 Å². The monoisotopic (exact) mass is 399 g/mol. The predicted molar refractivity (Wildman–Crippen MR) is 108 cm³/mol. The largest absolute Gasteiger partial charge is 0.497 e. The molecule has 0 fully saturated rings. The van der Waals surface area contributed by atoms with Gasteiger partial charge in [0.05, 0.1) is 21.3 Å². The lowest BCUT2D eigenvalue weighted by molar-refractivity contribution is 0.102. The summed E-state index contributed by atoms with van der Waals surface area (Å²) < 4.78 is 15.6. The number of anilines is 1. The van der Waals surface area contributed by atoms with Gasteiger partial charge >= 0.3 is 0 Å². The van der Waals surface area contributed by atoms with Gasteiger partial charge in [-0.1, -0.05) is 23.5 Å². The van der Waals surface area contributed by atoms with E-state index < -0.39 is 0 Å². The number of carbonyl (C=O) groups excluding carboxylic acids is 1. The van der Waals surface area contributed by atoms with E-state index in [9.17, 15) is 4.79 Å². The summed E-state index contributed by atoms with van der Waals surface area (Å²) in [6, 6.07) is 12.9. The van der Waals surface area contributed by atoms with E-state index in [1.807, 2.05) is 24.3 Å². The Balaban J connectivity index is 1.59. The molecule has 0 saturated carbocycles. The molecule has 0 aliphatic rings. The molecule has 8 heteroatoms. The molecule has 3 rings (SSSR count). The fraction of sp³-hybridized carbons (Fsp3) is 0.250. The van der Waals surface area contributed by atoms with Crippen molar-refractivity contribution >= 4 is 22.4 Å². The number of nitrogens with one attached hydrogen (secondary N) is 1. The number of amides is 1. The molecule has 7 nitrogen and oxygen atoms in total. The minimum atomic E-state index is -0.279. The summed E-state index contributed by atoms with van der Waals surface area (Å²) in [5, 5.41) is 12.3. The Morgan fingerprint density at radius 2 is 1.68 bits per heavy atom. The maximum atomic E-state index is 12.5. The van der Waals surface area contributed by atoms with Crippen LogP contribution in [-0.2, 0) is 12.8 Å². The van der Waals surface area contributed by atoms with E-state index in [0.717, 1.165) is 23.6 Å². The summed E-state index contributed by atoms with van der Waals surface area (Å²) in [6.07, 6.45) is 1.58. The molecule has 0 aliphatic heterocycles. The van der Waals surface area contributed by atoms with Crippen LogP contribution in [0.4, 0.5) is 5.13 Å². The van der Waals surface area contributed by atoms with Gasteiger partial charge in [0.1, 0.15) is 10.8 Å². The number of aromatic nitrogens is 2. The first-order valence-electron chi connectivity index (χ1n) is 8.61. The molecular weight excluding hydrogens is 378 g/mol. The number of rotatable bonds is 8. The van der Waals surface area contributed by atoms with Crippen molar-refractivity contribution in [3.05, 3.63) is 58.6 Å². The van der Waals surface area contributed by atoms with Gasteiger partial charge in [0.25, 0.3) is 5.91 Å². The van der Waals surface area contributed by atoms with Crippen molar-refractivity contribution < 1.29 is 19.0 Å². The maximum Gasteiger partial charge on any atom is 0.257 e. The maximum absolute atomic E-state index is 12.5. The van der Waals surface area contributed by atoms with E-state index in [4.69, 9.17) is 14.2 Å². The zero-order valence-corrected chi connectivity index (χ0v) is 16.7. The van der Waals surface area contributed by atoms with E-state index >= 15 is 0 Å². The van der Waals surface area contributed by atoms with E-state index in [0.29, 0.717) is 22.2 Å². The molecule has 28 heavy (non-hydrogen) atoms. The highest BCUT2D eigenvalue weighted by molar-refractivity contribution is 7.15. The highest BCUT2D eigenvalue weighted by atomic mass is 32.1. The number of benzene rings is 2. The molecule has 1 N–H and O–H groups in total. The van der Waals surface area contributed by atoms with Crippen LogP contribution >= 0.6 is 11.3 Å². The molecule has 0 atom stereocenters. The molecule has 1 amide bonds. The molecule has 0 unspecified atom stereocenters. The van der Waals surface area contributed by atoms with Gasteiger partial charge in [0.15, 0.2) is 11.5 Å². The third kappa shape index (κ3) is 4.77. The summed E-state index contributed by atoms with van der Waals surface area (Å²) in [5.74, 6) is 1.61. The van der Waals surface area contributed by atoms with Crippen molar-refractivity contribution in [3.63, 3.8) is 0 Å². The average molecular weight is 399 g/mol. The van der Waals surface area contributed by atoms with Crippen LogP contribution in [0.5, 0.6) is 17.2 Å². The average Bonchev–Trinajstić information content (AvgIpc) is 3.19. The first-order chi connectivity index (χ1) is 13.6. The minimum Gasteiger partial charge on any atom is -0.497 e. The first-order valence-corrected chi connectivity index (χ1v) is 9.43. The lowest BCUT2D eigenvalue weighted by Gasteiger charge is -2.08. The highest BCUT2D eigenvalue weighted by Gasteiger charge is 2.13. The van der Waals surface area contributed by atoms with Crippen LogP contribution in [-0.4, -0.2) is 37.4 Å². The van der Waals surface area contributed by atoms with Crippen molar-refractivity contribution in [2.75, 3.05) is 26.6 Å². The molecule has 0 aliphatic carbocycles. The second-order valence-electron chi connectivity index (χ2n) is 5.87. The Bertz CT molecular complexity index is 941. The molecule has 1 aromatic heterocycles. The number of methoxy groups -OCH3 is 3. The van der Waals surface area contributed by atoms with Gasteiger partial charge in [-0.2, -0.15) is 0 Å². The third-order valence-electron chi connectivity index (χ3n) is 4.12. The van der Waals surface area contributed by atoms with Crippen molar-refractivity contribution in [1.29, 1.82) is 0 Å². The van der Waals surface area contributed by atoms with Crippen LogP contribution in [0.25, 0.3) is 0 Å². The summed E-state index contributed by atoms with van der Waals surface area (Å²) in [5.41, 5.74) is 1.64. The second kappa shape index (κ2) is 9.18. The summed E-state index contributed by atoms with van der Waals surface area (Å²) in [6.45, 7) is 0. The van der Waals surface area contributed by atoms with Gasteiger partial charge in [-0.05, 0) is 42.3 Å². The summed E-state index contributed by atoms with van der Waals surface area (Å²) in [4.78, 5) is 12.5. The number of nitrogens with zero attached hydrogens (tertiary/aromatic N) is 2. The van der Waals surface area contributed by atoms with Crippen LogP contribution in [0, 0.1) is 0 Å². The highest BCUT2D eigenvalue weighted by Crippen LogP contribution is 2.28. The Hall–Kier alpha value is -3.13. The van der Waals surface area contributed by atoms with Gasteiger partial charge < -0.3 is 14.2 Å². The van der Waals surface area contributed by atoms with Crippen molar-refractivity contribution in [3.8, 4) is 17.2 Å². The second-order valence-corrected chi connectivity index (χ2v) is 6.93. The number of carbonyl (C=O) groups is 1. The standard InChI is InChI=1S/C20H21N3O4S/c1-25-15-8-4-13(5-9-15)6-11-18-22-23-20(28-18)21-19(24)14-7-10-16(26-2)17(12-14)27-3/h4-5,7-10,12H,6,11H2,1-3H3,(H,21,23,24). The number of hydrogen-bond donors (Lipinski definition) is 1. The molecule has 3 aromatic rings. The van der Waals surface area contributed by atoms with Crippen LogP contribution in [0.15, 0.2) is 42.5 Å². The molecule has 1 heterocycles. The van der Waals surface area contributed by atoms with Crippen molar-refractivity contribution in [1.82, 2.24) is 10.2 Å². The first kappa shape index (κ1) is 19.6. The van der Waals surface area contributed by atoms with Crippen LogP contribution in [0.2, 0.25) is 0 Å². The quantitative estimate of drug-likeness (QED) is 0.623. The van der Waals surface area contributed by atoms with Crippen LogP contribution in [0.3, 0.4) is 0 Å². The van der Waals surface area contributed by atoms with Gasteiger partial charge in [-0.15, -0.1) is 10.2 Å². The fourth-order valence-corrected chi connectivity index (χ4v) is 3.33. The van der Waals surface area contributed by atoms with Crippen LogP contribution < -0.4 is 19.5 Å². The van der Waals surface area contributed by atoms with Gasteiger partial charge in [0.2, 0.25) is 5.13 Å². The molecular formula is C20H21N3O4S. The number of ether oxygens (including phenoxy) is 3. The van der Waals surface area contributed by atoms with Gasteiger partial charge in [-0.3, -0.25) is 10.1 Å². The molecule has 0 bridgehead atoms. The normalized spacial score (nSPS) is 10.4. The molecule has 146 valence electrons. The number of hydrogen-bond acceptors (Lipinski definition) is 7. The lowest BCUT2D eigenvalue weighted by Crippen LogP contribution is -2.12. The van der Waals surface area contributed by atoms with Crippen LogP contribution in [0.1, 0.15) is 20.9 Å². The van der Waals surface area contributed by atoms with E-state index in [1.54, 1.807) is 32.4 Å². The topological polar surface area (TPSA) is 82.6 Å². The zero-order chi connectivity index (χ0) is 19.9. The number of aryl methyl sites for hydroxylation is 2. The van der Waals surface area contributed by atoms with E-state index in [2.05, 4.69) is 15.5 Å². The smallest absolute Gasteiger partial charge is 0.257 e. The fourth-order valence-electron chi connectivity index (χ4n) is 2.60. The predicted octanol–water partition coefficient (Wildman–Crippen LogP) is 3.60.